The fraction of sp³-hybridized carbons (Fsp3) is 0.684. The minimum absolute atomic E-state index is 0.904. The molecule has 2 bridgehead atoms. The van der Waals surface area contributed by atoms with Crippen LogP contribution in [0.25, 0.3) is 0 Å². The van der Waals surface area contributed by atoms with Crippen LogP contribution >= 0.6 is 0 Å². The SMILES string of the molecule is c1ccc(CCN[C@H]2[C@@H]3[C@H]4C[C@H]5[C@@H]3C[C@@H]3[C@@H]5[C@H]4[C@H]32)cc1. The lowest BCUT2D eigenvalue weighted by Crippen LogP contribution is -2.51. The topological polar surface area (TPSA) is 12.0 Å². The molecule has 1 aromatic carbocycles. The lowest BCUT2D eigenvalue weighted by molar-refractivity contribution is 0.00989. The fourth-order valence-electron chi connectivity index (χ4n) is 7.77. The van der Waals surface area contributed by atoms with E-state index in [2.05, 4.69) is 35.6 Å². The van der Waals surface area contributed by atoms with E-state index in [9.17, 15) is 0 Å². The van der Waals surface area contributed by atoms with Gasteiger partial charge in [-0.2, -0.15) is 0 Å². The van der Waals surface area contributed by atoms with Gasteiger partial charge in [-0.1, -0.05) is 30.3 Å². The van der Waals surface area contributed by atoms with E-state index in [4.69, 9.17) is 0 Å². The maximum atomic E-state index is 4.01. The first-order valence-electron chi connectivity index (χ1n) is 8.71. The Balaban J connectivity index is 1.19. The lowest BCUT2D eigenvalue weighted by atomic mass is 9.59. The van der Waals surface area contributed by atoms with Crippen molar-refractivity contribution in [2.75, 3.05) is 6.54 Å². The van der Waals surface area contributed by atoms with Crippen LogP contribution < -0.4 is 5.32 Å². The van der Waals surface area contributed by atoms with Crippen molar-refractivity contribution in [3.63, 3.8) is 0 Å². The zero-order valence-corrected chi connectivity index (χ0v) is 11.9. The standard InChI is InChI=1S/C19H23N/c1-2-4-10(5-3-1)6-7-20-19-16-12-9-13-15-11(12)8-14(16)17(15)18(13)19/h1-5,11-20H,6-9H2/t11-,12-,13+,14+,15+,16-,17-,18-,19-/m0/s1. The molecule has 9 atom stereocenters. The van der Waals surface area contributed by atoms with Gasteiger partial charge in [-0.05, 0) is 78.7 Å². The van der Waals surface area contributed by atoms with E-state index >= 15 is 0 Å². The summed E-state index contributed by atoms with van der Waals surface area (Å²) in [4.78, 5) is 0. The lowest BCUT2D eigenvalue weighted by Gasteiger charge is -2.48. The van der Waals surface area contributed by atoms with E-state index in [1.165, 1.54) is 36.3 Å². The van der Waals surface area contributed by atoms with E-state index in [0.29, 0.717) is 0 Å². The second kappa shape index (κ2) is 3.50. The Bertz CT molecular complexity index is 546. The monoisotopic (exact) mass is 265 g/mol. The van der Waals surface area contributed by atoms with Gasteiger partial charge in [0.2, 0.25) is 0 Å². The highest BCUT2D eigenvalue weighted by molar-refractivity contribution is 5.29. The van der Waals surface area contributed by atoms with Gasteiger partial charge < -0.3 is 5.32 Å². The van der Waals surface area contributed by atoms with Crippen LogP contribution in [0.2, 0.25) is 0 Å². The summed E-state index contributed by atoms with van der Waals surface area (Å²) in [5.74, 6) is 9.16. The Kier molecular flexibility index (Phi) is 1.89. The summed E-state index contributed by atoms with van der Waals surface area (Å²) in [5.41, 5.74) is 1.49. The maximum absolute atomic E-state index is 4.01. The molecule has 0 aliphatic heterocycles. The van der Waals surface area contributed by atoms with Crippen molar-refractivity contribution in [3.8, 4) is 0 Å². The first-order chi connectivity index (χ1) is 9.93. The Hall–Kier alpha value is -0.820. The van der Waals surface area contributed by atoms with Gasteiger partial charge in [0.25, 0.3) is 0 Å². The minimum atomic E-state index is 0.904. The summed E-state index contributed by atoms with van der Waals surface area (Å²) in [6.45, 7) is 1.19. The molecule has 20 heavy (non-hydrogen) atoms. The van der Waals surface area contributed by atoms with E-state index in [1.807, 2.05) is 0 Å². The predicted molar refractivity (Wildman–Crippen MR) is 79.1 cm³/mol. The van der Waals surface area contributed by atoms with Crippen molar-refractivity contribution < 1.29 is 0 Å². The normalized spacial score (nSPS) is 55.7. The largest absolute Gasteiger partial charge is 0.313 e. The third-order valence-corrected chi connectivity index (χ3v) is 7.96. The molecule has 0 aromatic heterocycles. The summed E-state index contributed by atoms with van der Waals surface area (Å²) in [5, 5.41) is 4.01. The molecule has 5 aliphatic rings. The second-order valence-electron chi connectivity index (χ2n) is 8.15. The summed E-state index contributed by atoms with van der Waals surface area (Å²) >= 11 is 0. The molecule has 0 heterocycles. The molecule has 1 nitrogen and oxygen atoms in total. The highest BCUT2D eigenvalue weighted by Crippen LogP contribution is 2.82. The third kappa shape index (κ3) is 1.06. The zero-order valence-electron chi connectivity index (χ0n) is 11.9. The summed E-state index contributed by atoms with van der Waals surface area (Å²) in [7, 11) is 0. The number of nitrogens with one attached hydrogen (secondary N) is 1. The van der Waals surface area contributed by atoms with Crippen LogP contribution in [0.4, 0.5) is 0 Å². The van der Waals surface area contributed by atoms with Crippen molar-refractivity contribution in [3.05, 3.63) is 35.9 Å². The van der Waals surface area contributed by atoms with Gasteiger partial charge in [0.15, 0.2) is 0 Å². The van der Waals surface area contributed by atoms with E-state index in [1.54, 1.807) is 12.8 Å². The van der Waals surface area contributed by atoms with Crippen LogP contribution in [0.5, 0.6) is 0 Å². The van der Waals surface area contributed by atoms with Gasteiger partial charge in [-0.3, -0.25) is 0 Å². The number of fused-ring (bicyclic) bond motifs is 2. The molecule has 6 rings (SSSR count). The molecule has 0 spiro atoms. The molecular formula is C19H23N. The number of benzene rings is 1. The molecule has 104 valence electrons. The van der Waals surface area contributed by atoms with Gasteiger partial charge >= 0.3 is 0 Å². The van der Waals surface area contributed by atoms with Crippen LogP contribution in [0, 0.1) is 47.3 Å². The zero-order chi connectivity index (χ0) is 12.8. The molecule has 5 saturated carbocycles. The Labute approximate surface area is 121 Å². The number of hydrogen-bond acceptors (Lipinski definition) is 1. The van der Waals surface area contributed by atoms with Gasteiger partial charge in [0.05, 0.1) is 0 Å². The maximum Gasteiger partial charge on any atom is 0.0135 e. The predicted octanol–water partition coefficient (Wildman–Crippen LogP) is 2.97. The second-order valence-corrected chi connectivity index (χ2v) is 8.15. The summed E-state index contributed by atoms with van der Waals surface area (Å²) in [6.07, 6.45) is 4.44. The highest BCUT2D eigenvalue weighted by atomic mass is 15.0. The molecule has 5 fully saturated rings. The molecule has 0 unspecified atom stereocenters. The molecule has 1 heteroatoms. The van der Waals surface area contributed by atoms with E-state index in [-0.39, 0.29) is 0 Å². The Morgan fingerprint density at radius 3 is 2.40 bits per heavy atom. The molecule has 0 saturated heterocycles. The number of hydrogen-bond donors (Lipinski definition) is 1. The van der Waals surface area contributed by atoms with Gasteiger partial charge in [-0.25, -0.2) is 0 Å². The van der Waals surface area contributed by atoms with Gasteiger partial charge in [0, 0.05) is 6.04 Å². The Morgan fingerprint density at radius 2 is 1.55 bits per heavy atom. The fourth-order valence-corrected chi connectivity index (χ4v) is 7.77. The first-order valence-corrected chi connectivity index (χ1v) is 8.71. The summed E-state index contributed by atoms with van der Waals surface area (Å²) < 4.78 is 0. The molecule has 1 aromatic rings. The van der Waals surface area contributed by atoms with Crippen molar-refractivity contribution >= 4 is 0 Å². The van der Waals surface area contributed by atoms with Crippen molar-refractivity contribution in [2.45, 2.75) is 25.3 Å². The highest BCUT2D eigenvalue weighted by Gasteiger charge is 2.80. The number of rotatable bonds is 4. The van der Waals surface area contributed by atoms with Crippen molar-refractivity contribution in [2.24, 2.45) is 47.3 Å². The minimum Gasteiger partial charge on any atom is -0.313 e. The quantitative estimate of drug-likeness (QED) is 0.882. The van der Waals surface area contributed by atoms with Crippen LogP contribution in [-0.4, -0.2) is 12.6 Å². The van der Waals surface area contributed by atoms with Crippen molar-refractivity contribution in [1.29, 1.82) is 0 Å². The third-order valence-electron chi connectivity index (χ3n) is 7.96. The van der Waals surface area contributed by atoms with E-state index in [0.717, 1.165) is 35.6 Å². The van der Waals surface area contributed by atoms with Crippen LogP contribution in [0.3, 0.4) is 0 Å². The van der Waals surface area contributed by atoms with Crippen LogP contribution in [0.1, 0.15) is 18.4 Å². The average Bonchev–Trinajstić information content (AvgIpc) is 3.00. The average molecular weight is 265 g/mol. The molecule has 1 N–H and O–H groups in total. The van der Waals surface area contributed by atoms with Crippen LogP contribution in [-0.2, 0) is 6.42 Å². The molecule has 0 amide bonds. The molecule has 0 radical (unpaired) electrons. The molecule has 5 aliphatic carbocycles. The first kappa shape index (κ1) is 10.8. The smallest absolute Gasteiger partial charge is 0.0135 e. The van der Waals surface area contributed by atoms with E-state index < -0.39 is 0 Å². The molecular weight excluding hydrogens is 242 g/mol. The van der Waals surface area contributed by atoms with Gasteiger partial charge in [0.1, 0.15) is 0 Å². The van der Waals surface area contributed by atoms with Gasteiger partial charge in [-0.15, -0.1) is 0 Å². The summed E-state index contributed by atoms with van der Waals surface area (Å²) in [6, 6.07) is 11.9. The van der Waals surface area contributed by atoms with Crippen molar-refractivity contribution in [1.82, 2.24) is 5.32 Å². The Morgan fingerprint density at radius 1 is 0.800 bits per heavy atom. The van der Waals surface area contributed by atoms with Crippen LogP contribution in [0.15, 0.2) is 30.3 Å².